The summed E-state index contributed by atoms with van der Waals surface area (Å²) in [5, 5.41) is 13.9. The van der Waals surface area contributed by atoms with Crippen LogP contribution in [0.25, 0.3) is 0 Å². The van der Waals surface area contributed by atoms with Crippen molar-refractivity contribution in [2.24, 2.45) is 0 Å². The molecular formula is C14H24BrN3O2. The molecule has 20 heavy (non-hydrogen) atoms. The normalized spacial score (nSPS) is 24.2. The van der Waals surface area contributed by atoms with E-state index in [1.54, 1.807) is 0 Å². The van der Waals surface area contributed by atoms with E-state index in [1.165, 1.54) is 5.69 Å². The first-order valence-corrected chi connectivity index (χ1v) is 8.10. The van der Waals surface area contributed by atoms with Gasteiger partial charge >= 0.3 is 0 Å². The molecule has 1 aliphatic heterocycles. The summed E-state index contributed by atoms with van der Waals surface area (Å²) in [6.07, 6.45) is 0.854. The molecule has 1 aromatic rings. The van der Waals surface area contributed by atoms with Gasteiger partial charge in [0, 0.05) is 25.7 Å². The zero-order chi connectivity index (χ0) is 14.7. The van der Waals surface area contributed by atoms with E-state index in [0.29, 0.717) is 12.6 Å². The Morgan fingerprint density at radius 1 is 1.45 bits per heavy atom. The molecule has 0 radical (unpaired) electrons. The largest absolute Gasteiger partial charge is 0.394 e. The summed E-state index contributed by atoms with van der Waals surface area (Å²) in [5.41, 5.74) is 2.33. The molecule has 0 aliphatic carbocycles. The van der Waals surface area contributed by atoms with Crippen LogP contribution in [0, 0.1) is 0 Å². The lowest BCUT2D eigenvalue weighted by Gasteiger charge is -2.37. The van der Waals surface area contributed by atoms with Crippen molar-refractivity contribution >= 4 is 15.9 Å². The fourth-order valence-electron chi connectivity index (χ4n) is 2.57. The Morgan fingerprint density at radius 2 is 2.20 bits per heavy atom. The molecule has 0 spiro atoms. The minimum absolute atomic E-state index is 0.0754. The molecule has 1 aromatic heterocycles. The van der Waals surface area contributed by atoms with Crippen molar-refractivity contribution in [2.45, 2.75) is 52.4 Å². The smallest absolute Gasteiger partial charge is 0.0933 e. The zero-order valence-corrected chi connectivity index (χ0v) is 14.1. The Labute approximate surface area is 129 Å². The first kappa shape index (κ1) is 15.9. The van der Waals surface area contributed by atoms with Crippen LogP contribution in [0.5, 0.6) is 0 Å². The molecule has 0 saturated carbocycles. The van der Waals surface area contributed by atoms with Gasteiger partial charge in [0.15, 0.2) is 0 Å². The monoisotopic (exact) mass is 345 g/mol. The Bertz CT molecular complexity index is 450. The van der Waals surface area contributed by atoms with Crippen LogP contribution in [-0.2, 0) is 24.2 Å². The molecule has 0 bridgehead atoms. The molecule has 2 heterocycles. The quantitative estimate of drug-likeness (QED) is 0.884. The lowest BCUT2D eigenvalue weighted by Crippen LogP contribution is -2.49. The number of morpholine rings is 1. The van der Waals surface area contributed by atoms with Crippen LogP contribution in [-0.4, -0.2) is 51.7 Å². The fraction of sp³-hybridized carbons (Fsp3) is 0.786. The zero-order valence-electron chi connectivity index (χ0n) is 12.5. The molecule has 1 fully saturated rings. The lowest BCUT2D eigenvalue weighted by atomic mass is 10.2. The van der Waals surface area contributed by atoms with Crippen molar-refractivity contribution < 1.29 is 9.84 Å². The van der Waals surface area contributed by atoms with E-state index in [1.807, 2.05) is 0 Å². The van der Waals surface area contributed by atoms with Gasteiger partial charge < -0.3 is 9.84 Å². The SMILES string of the molecule is CCc1nn(CC)c(CN2CC(CO)OCC2C)c1Br. The van der Waals surface area contributed by atoms with Gasteiger partial charge in [0.05, 0.1) is 35.2 Å². The van der Waals surface area contributed by atoms with Crippen LogP contribution < -0.4 is 0 Å². The van der Waals surface area contributed by atoms with Gasteiger partial charge in [-0.25, -0.2) is 0 Å². The van der Waals surface area contributed by atoms with Gasteiger partial charge in [0.25, 0.3) is 0 Å². The van der Waals surface area contributed by atoms with Crippen molar-refractivity contribution in [1.82, 2.24) is 14.7 Å². The summed E-state index contributed by atoms with van der Waals surface area (Å²) in [4.78, 5) is 2.36. The summed E-state index contributed by atoms with van der Waals surface area (Å²) in [6.45, 7) is 9.62. The number of aromatic nitrogens is 2. The summed E-state index contributed by atoms with van der Waals surface area (Å²) >= 11 is 3.69. The first-order chi connectivity index (χ1) is 9.60. The number of aryl methyl sites for hydroxylation is 2. The average Bonchev–Trinajstić information content (AvgIpc) is 2.77. The fourth-order valence-corrected chi connectivity index (χ4v) is 3.26. The molecule has 0 amide bonds. The van der Waals surface area contributed by atoms with E-state index in [0.717, 1.165) is 36.2 Å². The topological polar surface area (TPSA) is 50.5 Å². The summed E-state index contributed by atoms with van der Waals surface area (Å²) in [6, 6.07) is 0.356. The number of ether oxygens (including phenoxy) is 1. The Balaban J connectivity index is 2.17. The number of aliphatic hydroxyl groups is 1. The van der Waals surface area contributed by atoms with Crippen molar-refractivity contribution in [3.8, 4) is 0 Å². The van der Waals surface area contributed by atoms with E-state index in [2.05, 4.69) is 51.4 Å². The van der Waals surface area contributed by atoms with Crippen LogP contribution >= 0.6 is 15.9 Å². The predicted octanol–water partition coefficient (Wildman–Crippen LogP) is 1.81. The van der Waals surface area contributed by atoms with Crippen LogP contribution in [0.2, 0.25) is 0 Å². The average molecular weight is 346 g/mol. The first-order valence-electron chi connectivity index (χ1n) is 7.31. The Hall–Kier alpha value is -0.430. The second-order valence-electron chi connectivity index (χ2n) is 5.29. The maximum atomic E-state index is 9.28. The maximum absolute atomic E-state index is 9.28. The van der Waals surface area contributed by atoms with E-state index in [4.69, 9.17) is 4.74 Å². The van der Waals surface area contributed by atoms with Crippen LogP contribution in [0.3, 0.4) is 0 Å². The highest BCUT2D eigenvalue weighted by atomic mass is 79.9. The van der Waals surface area contributed by atoms with Gasteiger partial charge in [-0.2, -0.15) is 5.10 Å². The van der Waals surface area contributed by atoms with Crippen molar-refractivity contribution in [2.75, 3.05) is 19.8 Å². The number of halogens is 1. The predicted molar refractivity (Wildman–Crippen MR) is 81.7 cm³/mol. The van der Waals surface area contributed by atoms with Gasteiger partial charge in [-0.1, -0.05) is 6.92 Å². The third-order valence-corrected chi connectivity index (χ3v) is 4.80. The number of aliphatic hydroxyl groups excluding tert-OH is 1. The van der Waals surface area contributed by atoms with Crippen LogP contribution in [0.1, 0.15) is 32.2 Å². The highest BCUT2D eigenvalue weighted by Gasteiger charge is 2.27. The Kier molecular flexibility index (Phi) is 5.60. The molecule has 0 aromatic carbocycles. The maximum Gasteiger partial charge on any atom is 0.0933 e. The molecule has 114 valence electrons. The standard InChI is InChI=1S/C14H24BrN3O2/c1-4-12-14(15)13(18(5-2)16-12)7-17-6-11(8-19)20-9-10(17)3/h10-11,19H,4-9H2,1-3H3. The second-order valence-corrected chi connectivity index (χ2v) is 6.09. The van der Waals surface area contributed by atoms with Gasteiger partial charge in [-0.3, -0.25) is 9.58 Å². The van der Waals surface area contributed by atoms with Gasteiger partial charge in [-0.05, 0) is 36.2 Å². The number of nitrogens with zero attached hydrogens (tertiary/aromatic N) is 3. The van der Waals surface area contributed by atoms with Crippen LogP contribution in [0.15, 0.2) is 4.47 Å². The number of rotatable bonds is 5. The second kappa shape index (κ2) is 7.02. The lowest BCUT2D eigenvalue weighted by molar-refractivity contribution is -0.0812. The van der Waals surface area contributed by atoms with Gasteiger partial charge in [0.2, 0.25) is 0 Å². The van der Waals surface area contributed by atoms with E-state index in [9.17, 15) is 5.11 Å². The summed E-state index contributed by atoms with van der Waals surface area (Å²) < 4.78 is 8.79. The molecule has 1 N–H and O–H groups in total. The third kappa shape index (κ3) is 3.24. The van der Waals surface area contributed by atoms with Gasteiger partial charge in [0.1, 0.15) is 0 Å². The number of hydrogen-bond acceptors (Lipinski definition) is 4. The molecule has 2 atom stereocenters. The molecular weight excluding hydrogens is 322 g/mol. The van der Waals surface area contributed by atoms with Crippen LogP contribution in [0.4, 0.5) is 0 Å². The number of hydrogen-bond donors (Lipinski definition) is 1. The summed E-state index contributed by atoms with van der Waals surface area (Å²) in [5.74, 6) is 0. The highest BCUT2D eigenvalue weighted by molar-refractivity contribution is 9.10. The minimum atomic E-state index is -0.0754. The molecule has 2 unspecified atom stereocenters. The van der Waals surface area contributed by atoms with Crippen molar-refractivity contribution in [3.05, 3.63) is 15.9 Å². The molecule has 6 heteroatoms. The molecule has 1 aliphatic rings. The van der Waals surface area contributed by atoms with E-state index >= 15 is 0 Å². The molecule has 2 rings (SSSR count). The third-order valence-electron chi connectivity index (χ3n) is 3.89. The van der Waals surface area contributed by atoms with Crippen molar-refractivity contribution in [3.63, 3.8) is 0 Å². The highest BCUT2D eigenvalue weighted by Crippen LogP contribution is 2.25. The van der Waals surface area contributed by atoms with E-state index in [-0.39, 0.29) is 12.7 Å². The summed E-state index contributed by atoms with van der Waals surface area (Å²) in [7, 11) is 0. The van der Waals surface area contributed by atoms with Gasteiger partial charge in [-0.15, -0.1) is 0 Å². The molecule has 1 saturated heterocycles. The van der Waals surface area contributed by atoms with E-state index < -0.39 is 0 Å². The minimum Gasteiger partial charge on any atom is -0.394 e. The van der Waals surface area contributed by atoms with Crippen molar-refractivity contribution in [1.29, 1.82) is 0 Å². The molecule has 5 nitrogen and oxygen atoms in total. The Morgan fingerprint density at radius 3 is 2.80 bits per heavy atom.